The van der Waals surface area contributed by atoms with Gasteiger partial charge in [0.2, 0.25) is 5.75 Å². The molecule has 1 aromatic carbocycles. The number of benzene rings is 1. The Morgan fingerprint density at radius 3 is 2.50 bits per heavy atom. The SMILES string of the molecule is COc1cccc(OC2CCCCC2)c1O. The molecule has 0 radical (unpaired) electrons. The summed E-state index contributed by atoms with van der Waals surface area (Å²) >= 11 is 0. The lowest BCUT2D eigenvalue weighted by molar-refractivity contribution is 0.149. The van der Waals surface area contributed by atoms with Gasteiger partial charge in [0, 0.05) is 0 Å². The highest BCUT2D eigenvalue weighted by molar-refractivity contribution is 5.49. The van der Waals surface area contributed by atoms with Crippen molar-refractivity contribution in [2.75, 3.05) is 7.11 Å². The summed E-state index contributed by atoms with van der Waals surface area (Å²) < 4.78 is 10.8. The van der Waals surface area contributed by atoms with E-state index in [0.717, 1.165) is 12.8 Å². The minimum Gasteiger partial charge on any atom is -0.502 e. The molecule has 1 aromatic rings. The second-order valence-corrected chi connectivity index (χ2v) is 4.18. The average molecular weight is 222 g/mol. The first-order valence-corrected chi connectivity index (χ1v) is 5.84. The number of aromatic hydroxyl groups is 1. The summed E-state index contributed by atoms with van der Waals surface area (Å²) in [7, 11) is 1.54. The molecule has 1 saturated carbocycles. The smallest absolute Gasteiger partial charge is 0.200 e. The third-order valence-electron chi connectivity index (χ3n) is 3.03. The molecule has 3 nitrogen and oxygen atoms in total. The van der Waals surface area contributed by atoms with Crippen LogP contribution in [0.3, 0.4) is 0 Å². The number of methoxy groups -OCH3 is 1. The van der Waals surface area contributed by atoms with Gasteiger partial charge in [0.15, 0.2) is 11.5 Å². The van der Waals surface area contributed by atoms with Crippen LogP contribution in [0.4, 0.5) is 0 Å². The number of hydrogen-bond donors (Lipinski definition) is 1. The molecule has 1 aliphatic rings. The minimum atomic E-state index is 0.107. The van der Waals surface area contributed by atoms with Crippen LogP contribution < -0.4 is 9.47 Å². The maximum atomic E-state index is 9.87. The first-order valence-electron chi connectivity index (χ1n) is 5.84. The summed E-state index contributed by atoms with van der Waals surface area (Å²) in [5, 5.41) is 9.87. The van der Waals surface area contributed by atoms with Crippen molar-refractivity contribution < 1.29 is 14.6 Å². The van der Waals surface area contributed by atoms with Gasteiger partial charge in [0.25, 0.3) is 0 Å². The van der Waals surface area contributed by atoms with E-state index in [1.165, 1.54) is 19.3 Å². The number of phenolic OH excluding ortho intramolecular Hbond substituents is 1. The Kier molecular flexibility index (Phi) is 3.54. The van der Waals surface area contributed by atoms with Crippen molar-refractivity contribution in [3.63, 3.8) is 0 Å². The molecule has 0 heterocycles. The van der Waals surface area contributed by atoms with Crippen LogP contribution in [0.5, 0.6) is 17.2 Å². The zero-order valence-electron chi connectivity index (χ0n) is 9.61. The molecule has 3 heteroatoms. The quantitative estimate of drug-likeness (QED) is 0.854. The Balaban J connectivity index is 2.08. The lowest BCUT2D eigenvalue weighted by atomic mass is 9.98. The molecule has 0 saturated heterocycles. The fourth-order valence-corrected chi connectivity index (χ4v) is 2.12. The van der Waals surface area contributed by atoms with Gasteiger partial charge in [-0.3, -0.25) is 0 Å². The Bertz CT molecular complexity index is 343. The van der Waals surface area contributed by atoms with Gasteiger partial charge in [-0.05, 0) is 37.8 Å². The van der Waals surface area contributed by atoms with E-state index < -0.39 is 0 Å². The topological polar surface area (TPSA) is 38.7 Å². The second-order valence-electron chi connectivity index (χ2n) is 4.18. The van der Waals surface area contributed by atoms with Gasteiger partial charge in [-0.15, -0.1) is 0 Å². The van der Waals surface area contributed by atoms with Crippen molar-refractivity contribution >= 4 is 0 Å². The molecule has 0 aromatic heterocycles. The molecule has 0 bridgehead atoms. The van der Waals surface area contributed by atoms with Crippen molar-refractivity contribution in [3.05, 3.63) is 18.2 Å². The molecule has 0 aliphatic heterocycles. The van der Waals surface area contributed by atoms with Crippen LogP contribution in [0, 0.1) is 0 Å². The van der Waals surface area contributed by atoms with Crippen LogP contribution in [0.2, 0.25) is 0 Å². The van der Waals surface area contributed by atoms with Crippen molar-refractivity contribution in [1.29, 1.82) is 0 Å². The highest BCUT2D eigenvalue weighted by atomic mass is 16.5. The summed E-state index contributed by atoms with van der Waals surface area (Å²) in [5.74, 6) is 1.11. The second kappa shape index (κ2) is 5.10. The fraction of sp³-hybridized carbons (Fsp3) is 0.538. The van der Waals surface area contributed by atoms with Gasteiger partial charge in [-0.2, -0.15) is 0 Å². The minimum absolute atomic E-state index is 0.107. The van der Waals surface area contributed by atoms with Crippen LogP contribution >= 0.6 is 0 Å². The van der Waals surface area contributed by atoms with E-state index in [1.807, 2.05) is 6.07 Å². The van der Waals surface area contributed by atoms with Crippen molar-refractivity contribution in [3.8, 4) is 17.2 Å². The molecule has 1 N–H and O–H groups in total. The van der Waals surface area contributed by atoms with Crippen molar-refractivity contribution in [2.45, 2.75) is 38.2 Å². The van der Waals surface area contributed by atoms with Crippen LogP contribution in [0.25, 0.3) is 0 Å². The summed E-state index contributed by atoms with van der Waals surface area (Å²) in [6, 6.07) is 5.34. The first-order chi connectivity index (χ1) is 7.81. The number of rotatable bonds is 3. The number of phenols is 1. The number of hydrogen-bond acceptors (Lipinski definition) is 3. The van der Waals surface area contributed by atoms with Gasteiger partial charge >= 0.3 is 0 Å². The third-order valence-corrected chi connectivity index (χ3v) is 3.03. The zero-order valence-corrected chi connectivity index (χ0v) is 9.61. The third kappa shape index (κ3) is 2.40. The largest absolute Gasteiger partial charge is 0.502 e. The molecular weight excluding hydrogens is 204 g/mol. The van der Waals surface area contributed by atoms with Gasteiger partial charge in [0.05, 0.1) is 13.2 Å². The molecular formula is C13H18O3. The van der Waals surface area contributed by atoms with Crippen LogP contribution in [-0.2, 0) is 0 Å². The van der Waals surface area contributed by atoms with E-state index in [2.05, 4.69) is 0 Å². The number of para-hydroxylation sites is 1. The standard InChI is InChI=1S/C13H18O3/c1-15-11-8-5-9-12(13(11)14)16-10-6-3-2-4-7-10/h5,8-10,14H,2-4,6-7H2,1H3. The molecule has 16 heavy (non-hydrogen) atoms. The monoisotopic (exact) mass is 222 g/mol. The highest BCUT2D eigenvalue weighted by Crippen LogP contribution is 2.37. The molecule has 1 fully saturated rings. The van der Waals surface area contributed by atoms with Gasteiger partial charge in [-0.1, -0.05) is 12.5 Å². The van der Waals surface area contributed by atoms with Crippen molar-refractivity contribution in [2.24, 2.45) is 0 Å². The molecule has 1 aliphatic carbocycles. The molecule has 88 valence electrons. The van der Waals surface area contributed by atoms with E-state index in [9.17, 15) is 5.11 Å². The van der Waals surface area contributed by atoms with E-state index >= 15 is 0 Å². The predicted molar refractivity (Wildman–Crippen MR) is 62.2 cm³/mol. The maximum Gasteiger partial charge on any atom is 0.200 e. The van der Waals surface area contributed by atoms with Gasteiger partial charge in [0.1, 0.15) is 0 Å². The summed E-state index contributed by atoms with van der Waals surface area (Å²) in [6.07, 6.45) is 6.13. The summed E-state index contributed by atoms with van der Waals surface area (Å²) in [4.78, 5) is 0. The van der Waals surface area contributed by atoms with Gasteiger partial charge < -0.3 is 14.6 Å². The average Bonchev–Trinajstić information content (AvgIpc) is 2.33. The van der Waals surface area contributed by atoms with Crippen LogP contribution in [-0.4, -0.2) is 18.3 Å². The zero-order chi connectivity index (χ0) is 11.4. The Morgan fingerprint density at radius 1 is 1.12 bits per heavy atom. The first kappa shape index (κ1) is 11.1. The predicted octanol–water partition coefficient (Wildman–Crippen LogP) is 3.11. The van der Waals surface area contributed by atoms with E-state index in [0.29, 0.717) is 11.5 Å². The van der Waals surface area contributed by atoms with Crippen molar-refractivity contribution in [1.82, 2.24) is 0 Å². The maximum absolute atomic E-state index is 9.87. The Morgan fingerprint density at radius 2 is 1.81 bits per heavy atom. The Labute approximate surface area is 96.0 Å². The number of ether oxygens (including phenoxy) is 2. The fourth-order valence-electron chi connectivity index (χ4n) is 2.12. The molecule has 0 atom stereocenters. The lowest BCUT2D eigenvalue weighted by Gasteiger charge is -2.23. The van der Waals surface area contributed by atoms with Crippen LogP contribution in [0.1, 0.15) is 32.1 Å². The molecule has 0 amide bonds. The van der Waals surface area contributed by atoms with E-state index in [1.54, 1.807) is 19.2 Å². The molecule has 0 spiro atoms. The van der Waals surface area contributed by atoms with E-state index in [4.69, 9.17) is 9.47 Å². The van der Waals surface area contributed by atoms with Gasteiger partial charge in [-0.25, -0.2) is 0 Å². The van der Waals surface area contributed by atoms with E-state index in [-0.39, 0.29) is 11.9 Å². The molecule has 2 rings (SSSR count). The summed E-state index contributed by atoms with van der Waals surface area (Å²) in [5.41, 5.74) is 0. The lowest BCUT2D eigenvalue weighted by Crippen LogP contribution is -2.19. The normalized spacial score (nSPS) is 17.1. The molecule has 0 unspecified atom stereocenters. The highest BCUT2D eigenvalue weighted by Gasteiger charge is 2.17. The van der Waals surface area contributed by atoms with Crippen LogP contribution in [0.15, 0.2) is 18.2 Å². The Hall–Kier alpha value is -1.38. The summed E-state index contributed by atoms with van der Waals surface area (Å²) in [6.45, 7) is 0.